The Labute approximate surface area is 110 Å². The van der Waals surface area contributed by atoms with Crippen molar-refractivity contribution >= 4 is 0 Å². The summed E-state index contributed by atoms with van der Waals surface area (Å²) >= 11 is 0. The van der Waals surface area contributed by atoms with Crippen LogP contribution in [0.2, 0.25) is 0 Å². The van der Waals surface area contributed by atoms with Gasteiger partial charge in [-0.25, -0.2) is 0 Å². The molecule has 0 amide bonds. The van der Waals surface area contributed by atoms with Crippen LogP contribution in [0.25, 0.3) is 11.4 Å². The summed E-state index contributed by atoms with van der Waals surface area (Å²) < 4.78 is 10.2. The number of nitriles is 1. The molecule has 1 unspecified atom stereocenters. The van der Waals surface area contributed by atoms with Crippen LogP contribution >= 0.6 is 0 Å². The molecule has 1 N–H and O–H groups in total. The number of hydrogen-bond donors (Lipinski definition) is 1. The molecule has 0 radical (unpaired) electrons. The van der Waals surface area contributed by atoms with Crippen LogP contribution in [0.5, 0.6) is 5.75 Å². The number of benzene rings is 1. The second kappa shape index (κ2) is 5.98. The summed E-state index contributed by atoms with van der Waals surface area (Å²) in [6.45, 7) is 0. The maximum atomic E-state index is 9.49. The molecule has 1 aromatic carbocycles. The highest BCUT2D eigenvalue weighted by Crippen LogP contribution is 2.21. The van der Waals surface area contributed by atoms with E-state index in [9.17, 15) is 5.11 Å². The van der Waals surface area contributed by atoms with E-state index in [4.69, 9.17) is 14.5 Å². The van der Waals surface area contributed by atoms with Crippen LogP contribution < -0.4 is 4.74 Å². The Balaban J connectivity index is 2.14. The molecule has 0 aliphatic carbocycles. The Bertz CT molecular complexity index is 589. The first-order chi connectivity index (χ1) is 9.22. The number of aliphatic hydroxyl groups is 1. The number of nitrogens with zero attached hydrogens (tertiary/aromatic N) is 3. The van der Waals surface area contributed by atoms with Crippen molar-refractivity contribution in [2.75, 3.05) is 7.11 Å². The molecule has 19 heavy (non-hydrogen) atoms. The average Bonchev–Trinajstić information content (AvgIpc) is 2.87. The van der Waals surface area contributed by atoms with E-state index >= 15 is 0 Å². The minimum Gasteiger partial charge on any atom is -0.497 e. The van der Waals surface area contributed by atoms with Crippen molar-refractivity contribution in [1.82, 2.24) is 10.1 Å². The molecule has 1 aromatic heterocycles. The third kappa shape index (κ3) is 3.30. The summed E-state index contributed by atoms with van der Waals surface area (Å²) in [7, 11) is 1.58. The number of aliphatic hydroxyl groups excluding tert-OH is 1. The van der Waals surface area contributed by atoms with Gasteiger partial charge in [0.15, 0.2) is 0 Å². The predicted octanol–water partition coefficient (Wildman–Crippen LogP) is 1.56. The van der Waals surface area contributed by atoms with Crippen molar-refractivity contribution in [3.05, 3.63) is 30.2 Å². The fraction of sp³-hybridized carbons (Fsp3) is 0.308. The van der Waals surface area contributed by atoms with Gasteiger partial charge in [-0.2, -0.15) is 10.2 Å². The molecule has 0 saturated heterocycles. The first-order valence-corrected chi connectivity index (χ1v) is 5.75. The smallest absolute Gasteiger partial charge is 0.229 e. The van der Waals surface area contributed by atoms with Gasteiger partial charge in [0.25, 0.3) is 0 Å². The molecule has 2 rings (SSSR count). The summed E-state index contributed by atoms with van der Waals surface area (Å²) in [5.74, 6) is 1.44. The van der Waals surface area contributed by atoms with E-state index in [-0.39, 0.29) is 12.8 Å². The number of ether oxygens (including phenoxy) is 1. The maximum absolute atomic E-state index is 9.49. The van der Waals surface area contributed by atoms with Crippen LogP contribution in [-0.4, -0.2) is 28.5 Å². The lowest BCUT2D eigenvalue weighted by molar-refractivity contribution is 0.167. The molecular formula is C13H13N3O3. The topological polar surface area (TPSA) is 92.2 Å². The molecule has 0 aliphatic rings. The third-order valence-electron chi connectivity index (χ3n) is 2.53. The lowest BCUT2D eigenvalue weighted by Crippen LogP contribution is -2.09. The second-order valence-corrected chi connectivity index (χ2v) is 3.96. The van der Waals surface area contributed by atoms with E-state index in [2.05, 4.69) is 10.1 Å². The highest BCUT2D eigenvalue weighted by molar-refractivity contribution is 5.56. The first-order valence-electron chi connectivity index (χ1n) is 5.75. The van der Waals surface area contributed by atoms with Gasteiger partial charge in [-0.3, -0.25) is 0 Å². The van der Waals surface area contributed by atoms with Gasteiger partial charge in [0.1, 0.15) is 5.75 Å². The van der Waals surface area contributed by atoms with Crippen LogP contribution in [0.3, 0.4) is 0 Å². The zero-order chi connectivity index (χ0) is 13.7. The molecule has 2 aromatic rings. The van der Waals surface area contributed by atoms with E-state index in [0.29, 0.717) is 17.5 Å². The molecule has 6 heteroatoms. The van der Waals surface area contributed by atoms with E-state index < -0.39 is 6.10 Å². The summed E-state index contributed by atoms with van der Waals surface area (Å²) in [5.41, 5.74) is 0.768. The molecule has 0 spiro atoms. The zero-order valence-corrected chi connectivity index (χ0v) is 10.4. The monoisotopic (exact) mass is 259 g/mol. The minimum absolute atomic E-state index is 0.0386. The maximum Gasteiger partial charge on any atom is 0.229 e. The van der Waals surface area contributed by atoms with E-state index in [1.807, 2.05) is 24.3 Å². The highest BCUT2D eigenvalue weighted by Gasteiger charge is 2.13. The number of hydrogen-bond acceptors (Lipinski definition) is 6. The average molecular weight is 259 g/mol. The number of methoxy groups -OCH3 is 1. The lowest BCUT2D eigenvalue weighted by atomic mass is 10.2. The Morgan fingerprint density at radius 1 is 1.53 bits per heavy atom. The SMILES string of the molecule is COc1cccc(-c2noc(CC(O)CC#N)n2)c1. The Morgan fingerprint density at radius 3 is 3.11 bits per heavy atom. The quantitative estimate of drug-likeness (QED) is 0.876. The van der Waals surface area contributed by atoms with E-state index in [0.717, 1.165) is 5.56 Å². The van der Waals surface area contributed by atoms with Crippen molar-refractivity contribution in [3.63, 3.8) is 0 Å². The van der Waals surface area contributed by atoms with Gasteiger partial charge in [0, 0.05) is 5.56 Å². The van der Waals surface area contributed by atoms with Crippen LogP contribution in [0, 0.1) is 11.3 Å². The van der Waals surface area contributed by atoms with Crippen LogP contribution in [0.1, 0.15) is 12.3 Å². The predicted molar refractivity (Wildman–Crippen MR) is 66.2 cm³/mol. The van der Waals surface area contributed by atoms with E-state index in [1.165, 1.54) is 0 Å². The van der Waals surface area contributed by atoms with Crippen LogP contribution in [0.4, 0.5) is 0 Å². The standard InChI is InChI=1S/C13H13N3O3/c1-18-11-4-2-3-9(7-11)13-15-12(19-16-13)8-10(17)5-6-14/h2-4,7,10,17H,5,8H2,1H3. The molecule has 0 fully saturated rings. The van der Waals surface area contributed by atoms with Crippen molar-refractivity contribution in [2.45, 2.75) is 18.9 Å². The highest BCUT2D eigenvalue weighted by atomic mass is 16.5. The summed E-state index contributed by atoms with van der Waals surface area (Å²) in [6.07, 6.45) is -0.579. The Morgan fingerprint density at radius 2 is 2.37 bits per heavy atom. The molecular weight excluding hydrogens is 246 g/mol. The molecule has 1 heterocycles. The molecule has 0 bridgehead atoms. The molecule has 0 aliphatic heterocycles. The van der Waals surface area contributed by atoms with Gasteiger partial charge in [0.05, 0.1) is 32.1 Å². The Hall–Kier alpha value is -2.39. The van der Waals surface area contributed by atoms with Gasteiger partial charge in [0.2, 0.25) is 11.7 Å². The largest absolute Gasteiger partial charge is 0.497 e. The molecule has 98 valence electrons. The van der Waals surface area contributed by atoms with Crippen molar-refractivity contribution in [1.29, 1.82) is 5.26 Å². The Kier molecular flexibility index (Phi) is 4.11. The van der Waals surface area contributed by atoms with Crippen molar-refractivity contribution < 1.29 is 14.4 Å². The zero-order valence-electron chi connectivity index (χ0n) is 10.4. The van der Waals surface area contributed by atoms with Gasteiger partial charge in [-0.15, -0.1) is 0 Å². The summed E-state index contributed by atoms with van der Waals surface area (Å²) in [5, 5.41) is 21.8. The van der Waals surface area contributed by atoms with E-state index in [1.54, 1.807) is 13.2 Å². The number of rotatable bonds is 5. The van der Waals surface area contributed by atoms with Gasteiger partial charge in [-0.05, 0) is 12.1 Å². The van der Waals surface area contributed by atoms with Crippen LogP contribution in [0.15, 0.2) is 28.8 Å². The fourth-order valence-electron chi connectivity index (χ4n) is 1.60. The van der Waals surface area contributed by atoms with Gasteiger partial charge in [-0.1, -0.05) is 17.3 Å². The fourth-order valence-corrected chi connectivity index (χ4v) is 1.60. The van der Waals surface area contributed by atoms with Gasteiger partial charge < -0.3 is 14.4 Å². The summed E-state index contributed by atoms with van der Waals surface area (Å²) in [4.78, 5) is 4.18. The minimum atomic E-state index is -0.788. The lowest BCUT2D eigenvalue weighted by Gasteiger charge is -2.00. The molecule has 1 atom stereocenters. The third-order valence-corrected chi connectivity index (χ3v) is 2.53. The first kappa shape index (κ1) is 13.1. The summed E-state index contributed by atoms with van der Waals surface area (Å²) in [6, 6.07) is 9.16. The van der Waals surface area contributed by atoms with Crippen LogP contribution in [-0.2, 0) is 6.42 Å². The normalized spacial score (nSPS) is 11.8. The van der Waals surface area contributed by atoms with Crippen molar-refractivity contribution in [2.24, 2.45) is 0 Å². The second-order valence-electron chi connectivity index (χ2n) is 3.96. The molecule has 6 nitrogen and oxygen atoms in total. The van der Waals surface area contributed by atoms with Crippen molar-refractivity contribution in [3.8, 4) is 23.2 Å². The number of aromatic nitrogens is 2. The molecule has 0 saturated carbocycles. The van der Waals surface area contributed by atoms with Gasteiger partial charge >= 0.3 is 0 Å².